The number of anilines is 2. The molecule has 0 aliphatic carbocycles. The zero-order chi connectivity index (χ0) is 22.8. The molecule has 4 heteroatoms. The Bertz CT molecular complexity index is 917. The molecule has 2 aliphatic heterocycles. The van der Waals surface area contributed by atoms with Gasteiger partial charge in [-0.05, 0) is 78.6 Å². The summed E-state index contributed by atoms with van der Waals surface area (Å²) in [6, 6.07) is 17.8. The molecule has 32 heavy (non-hydrogen) atoms. The molecule has 0 saturated carbocycles. The van der Waals surface area contributed by atoms with Crippen molar-refractivity contribution in [2.75, 3.05) is 36.2 Å². The van der Waals surface area contributed by atoms with Gasteiger partial charge in [-0.25, -0.2) is 0 Å². The highest BCUT2D eigenvalue weighted by Crippen LogP contribution is 2.31. The van der Waals surface area contributed by atoms with Gasteiger partial charge in [0.05, 0.1) is 13.3 Å². The molecule has 2 aromatic carbocycles. The Labute approximate surface area is 194 Å². The highest BCUT2D eigenvalue weighted by molar-refractivity contribution is 5.55. The molecular weight excluding hydrogens is 392 g/mol. The summed E-state index contributed by atoms with van der Waals surface area (Å²) in [4.78, 5) is 9.94. The molecule has 0 aromatic heterocycles. The normalized spacial score (nSPS) is 16.8. The topological polar surface area (TPSA) is 13.0 Å². The predicted molar refractivity (Wildman–Crippen MR) is 136 cm³/mol. The van der Waals surface area contributed by atoms with E-state index < -0.39 is 0 Å². The highest BCUT2D eigenvalue weighted by Gasteiger charge is 2.26. The van der Waals surface area contributed by atoms with E-state index in [0.717, 1.165) is 26.4 Å². The summed E-state index contributed by atoms with van der Waals surface area (Å²) in [5.41, 5.74) is 10.8. The van der Waals surface area contributed by atoms with Crippen molar-refractivity contribution < 1.29 is 0 Å². The van der Waals surface area contributed by atoms with Gasteiger partial charge in [0, 0.05) is 47.3 Å². The van der Waals surface area contributed by atoms with Crippen molar-refractivity contribution in [3.05, 3.63) is 82.4 Å². The molecule has 0 N–H and O–H groups in total. The third-order valence-corrected chi connectivity index (χ3v) is 7.23. The van der Waals surface area contributed by atoms with Gasteiger partial charge in [-0.2, -0.15) is 0 Å². The Morgan fingerprint density at radius 2 is 0.844 bits per heavy atom. The third-order valence-electron chi connectivity index (χ3n) is 7.23. The summed E-state index contributed by atoms with van der Waals surface area (Å²) in [5, 5.41) is 0. The summed E-state index contributed by atoms with van der Waals surface area (Å²) in [5.74, 6) is 0. The SMILES string of the molecule is CC1=C(C)N(c2ccc(C)cc2)CN1CCCCN1CN(c2ccc(C)cc2)C(C)=C1C. The van der Waals surface area contributed by atoms with E-state index in [1.807, 2.05) is 0 Å². The Morgan fingerprint density at radius 1 is 0.500 bits per heavy atom. The Morgan fingerprint density at radius 3 is 1.19 bits per heavy atom. The number of nitrogens with zero attached hydrogens (tertiary/aromatic N) is 4. The second kappa shape index (κ2) is 9.32. The van der Waals surface area contributed by atoms with Crippen LogP contribution in [0.25, 0.3) is 0 Å². The molecule has 2 heterocycles. The molecule has 4 nitrogen and oxygen atoms in total. The van der Waals surface area contributed by atoms with Crippen LogP contribution >= 0.6 is 0 Å². The molecule has 0 atom stereocenters. The van der Waals surface area contributed by atoms with Gasteiger partial charge in [0.15, 0.2) is 0 Å². The lowest BCUT2D eigenvalue weighted by Gasteiger charge is -2.25. The van der Waals surface area contributed by atoms with Gasteiger partial charge in [-0.3, -0.25) is 0 Å². The number of allylic oxidation sites excluding steroid dienone is 4. The maximum Gasteiger partial charge on any atom is 0.0946 e. The second-order valence-electron chi connectivity index (χ2n) is 9.39. The first-order valence-electron chi connectivity index (χ1n) is 11.9. The van der Waals surface area contributed by atoms with Gasteiger partial charge >= 0.3 is 0 Å². The molecule has 0 bridgehead atoms. The fourth-order valence-corrected chi connectivity index (χ4v) is 4.70. The van der Waals surface area contributed by atoms with Crippen LogP contribution in [0.1, 0.15) is 51.7 Å². The Balaban J connectivity index is 1.28. The van der Waals surface area contributed by atoms with E-state index in [1.165, 1.54) is 58.1 Å². The van der Waals surface area contributed by atoms with Crippen LogP contribution in [0, 0.1) is 13.8 Å². The van der Waals surface area contributed by atoms with E-state index in [-0.39, 0.29) is 0 Å². The van der Waals surface area contributed by atoms with Crippen molar-refractivity contribution in [1.82, 2.24) is 9.80 Å². The van der Waals surface area contributed by atoms with Crippen molar-refractivity contribution >= 4 is 11.4 Å². The molecule has 0 unspecified atom stereocenters. The Kier molecular flexibility index (Phi) is 6.50. The number of aryl methyl sites for hydroxylation is 2. The van der Waals surface area contributed by atoms with Crippen molar-refractivity contribution in [2.24, 2.45) is 0 Å². The van der Waals surface area contributed by atoms with Crippen LogP contribution in [-0.4, -0.2) is 36.2 Å². The fourth-order valence-electron chi connectivity index (χ4n) is 4.70. The predicted octanol–water partition coefficient (Wildman–Crippen LogP) is 6.45. The van der Waals surface area contributed by atoms with Gasteiger partial charge in [0.1, 0.15) is 0 Å². The van der Waals surface area contributed by atoms with Crippen LogP contribution in [-0.2, 0) is 0 Å². The third kappa shape index (κ3) is 4.50. The van der Waals surface area contributed by atoms with Crippen LogP contribution in [0.2, 0.25) is 0 Å². The monoisotopic (exact) mass is 430 g/mol. The first kappa shape index (κ1) is 22.3. The summed E-state index contributed by atoms with van der Waals surface area (Å²) in [6.07, 6.45) is 2.42. The molecule has 0 spiro atoms. The van der Waals surface area contributed by atoms with Crippen LogP contribution < -0.4 is 9.80 Å². The molecule has 0 saturated heterocycles. The molecule has 0 radical (unpaired) electrons. The maximum absolute atomic E-state index is 2.53. The fraction of sp³-hybridized carbons (Fsp3) is 0.429. The first-order chi connectivity index (χ1) is 15.3. The number of hydrogen-bond acceptors (Lipinski definition) is 4. The van der Waals surface area contributed by atoms with E-state index in [4.69, 9.17) is 0 Å². The molecule has 2 aliphatic rings. The van der Waals surface area contributed by atoms with Crippen LogP contribution in [0.15, 0.2) is 71.3 Å². The minimum atomic E-state index is 0.962. The lowest BCUT2D eigenvalue weighted by atomic mass is 10.2. The molecular formula is C28H38N4. The van der Waals surface area contributed by atoms with E-state index in [1.54, 1.807) is 0 Å². The van der Waals surface area contributed by atoms with E-state index in [2.05, 4.69) is 110 Å². The van der Waals surface area contributed by atoms with Crippen molar-refractivity contribution in [1.29, 1.82) is 0 Å². The summed E-state index contributed by atoms with van der Waals surface area (Å²) < 4.78 is 0. The number of benzene rings is 2. The quantitative estimate of drug-likeness (QED) is 0.468. The minimum Gasteiger partial charge on any atom is -0.356 e. The second-order valence-corrected chi connectivity index (χ2v) is 9.39. The average Bonchev–Trinajstić information content (AvgIpc) is 3.23. The summed E-state index contributed by atoms with van der Waals surface area (Å²) in [7, 11) is 0. The van der Waals surface area contributed by atoms with Gasteiger partial charge in [-0.15, -0.1) is 0 Å². The molecule has 170 valence electrons. The standard InChI is InChI=1S/C28H38N4/c1-21-9-13-27(14-10-21)31-19-29(23(3)25(31)5)17-7-8-18-30-20-32(26(6)24(30)4)28-15-11-22(2)12-16-28/h9-16H,7-8,17-20H2,1-6H3. The lowest BCUT2D eigenvalue weighted by Crippen LogP contribution is -2.30. The molecule has 0 amide bonds. The average molecular weight is 431 g/mol. The van der Waals surface area contributed by atoms with E-state index in [9.17, 15) is 0 Å². The minimum absolute atomic E-state index is 0.962. The first-order valence-corrected chi connectivity index (χ1v) is 11.9. The van der Waals surface area contributed by atoms with Crippen LogP contribution in [0.4, 0.5) is 11.4 Å². The Hall–Kier alpha value is -2.88. The largest absolute Gasteiger partial charge is 0.356 e. The van der Waals surface area contributed by atoms with E-state index in [0.29, 0.717) is 0 Å². The van der Waals surface area contributed by atoms with Crippen molar-refractivity contribution in [3.63, 3.8) is 0 Å². The zero-order valence-corrected chi connectivity index (χ0v) is 20.7. The molecule has 0 fully saturated rings. The smallest absolute Gasteiger partial charge is 0.0946 e. The summed E-state index contributed by atoms with van der Waals surface area (Å²) in [6.45, 7) is 17.5. The lowest BCUT2D eigenvalue weighted by molar-refractivity contribution is 0.329. The summed E-state index contributed by atoms with van der Waals surface area (Å²) >= 11 is 0. The van der Waals surface area contributed by atoms with Crippen molar-refractivity contribution in [2.45, 2.75) is 54.4 Å². The molecule has 2 aromatic rings. The van der Waals surface area contributed by atoms with E-state index >= 15 is 0 Å². The maximum atomic E-state index is 2.53. The van der Waals surface area contributed by atoms with Gasteiger partial charge in [-0.1, -0.05) is 35.4 Å². The number of rotatable bonds is 7. The number of unbranched alkanes of at least 4 members (excludes halogenated alkanes) is 1. The highest BCUT2D eigenvalue weighted by atomic mass is 15.4. The zero-order valence-electron chi connectivity index (χ0n) is 20.7. The van der Waals surface area contributed by atoms with Gasteiger partial charge < -0.3 is 19.6 Å². The van der Waals surface area contributed by atoms with Crippen LogP contribution in [0.3, 0.4) is 0 Å². The van der Waals surface area contributed by atoms with Crippen molar-refractivity contribution in [3.8, 4) is 0 Å². The van der Waals surface area contributed by atoms with Gasteiger partial charge in [0.25, 0.3) is 0 Å². The van der Waals surface area contributed by atoms with Gasteiger partial charge in [0.2, 0.25) is 0 Å². The van der Waals surface area contributed by atoms with Crippen LogP contribution in [0.5, 0.6) is 0 Å². The number of hydrogen-bond donors (Lipinski definition) is 0. The molecule has 4 rings (SSSR count).